The van der Waals surface area contributed by atoms with Gasteiger partial charge in [0.05, 0.1) is 12.2 Å². The number of rotatable bonds is 8. The normalized spacial score (nSPS) is 11.0. The summed E-state index contributed by atoms with van der Waals surface area (Å²) in [4.78, 5) is 18.0. The van der Waals surface area contributed by atoms with Crippen molar-refractivity contribution in [2.75, 3.05) is 6.26 Å². The number of allylic oxidation sites excluding steroid dienone is 4. The Morgan fingerprint density at radius 3 is 2.57 bits per heavy atom. The molecule has 4 heteroatoms. The van der Waals surface area contributed by atoms with Crippen molar-refractivity contribution in [1.82, 2.24) is 10.3 Å². The SMILES string of the molecule is C=C/C=C(\C=C)c1cccc(-c2ccnc(CNC(=O)c3cccc(SC)c3)c2)c1. The Kier molecular flexibility index (Phi) is 7.41. The monoisotopic (exact) mass is 412 g/mol. The predicted molar refractivity (Wildman–Crippen MR) is 127 cm³/mol. The fraction of sp³-hybridized carbons (Fsp3) is 0.0769. The number of carbonyl (C=O) groups is 1. The zero-order valence-corrected chi connectivity index (χ0v) is 17.8. The Morgan fingerprint density at radius 1 is 1.03 bits per heavy atom. The number of carbonyl (C=O) groups excluding carboxylic acids is 1. The molecule has 0 saturated carbocycles. The standard InChI is InChI=1S/C26H24N2OS/c1-4-8-19(5-2)20-9-6-10-21(15-20)22-13-14-27-24(16-22)18-28-26(29)23-11-7-12-25(17-23)30-3/h4-17H,1-2,18H2,3H3,(H,28,29)/b19-8+. The Bertz CT molecular complexity index is 1100. The van der Waals surface area contributed by atoms with E-state index in [0.717, 1.165) is 32.9 Å². The van der Waals surface area contributed by atoms with Crippen molar-refractivity contribution >= 4 is 23.2 Å². The summed E-state index contributed by atoms with van der Waals surface area (Å²) < 4.78 is 0. The Hall–Kier alpha value is -3.37. The van der Waals surface area contributed by atoms with Gasteiger partial charge in [0.2, 0.25) is 0 Å². The van der Waals surface area contributed by atoms with E-state index in [0.29, 0.717) is 12.1 Å². The highest BCUT2D eigenvalue weighted by Gasteiger charge is 2.08. The third-order valence-corrected chi connectivity index (χ3v) is 5.35. The number of pyridine rings is 1. The fourth-order valence-electron chi connectivity index (χ4n) is 3.08. The molecule has 0 saturated heterocycles. The first-order valence-electron chi connectivity index (χ1n) is 9.57. The van der Waals surface area contributed by atoms with Crippen LogP contribution in [0.25, 0.3) is 16.7 Å². The van der Waals surface area contributed by atoms with Gasteiger partial charge in [0.1, 0.15) is 0 Å². The minimum atomic E-state index is -0.106. The van der Waals surface area contributed by atoms with Crippen molar-refractivity contribution in [3.8, 4) is 11.1 Å². The molecule has 30 heavy (non-hydrogen) atoms. The topological polar surface area (TPSA) is 42.0 Å². The Balaban J connectivity index is 1.76. The maximum Gasteiger partial charge on any atom is 0.251 e. The molecule has 3 rings (SSSR count). The minimum Gasteiger partial charge on any atom is -0.346 e. The van der Waals surface area contributed by atoms with E-state index in [1.807, 2.05) is 66.9 Å². The van der Waals surface area contributed by atoms with Crippen LogP contribution in [0.15, 0.2) is 103 Å². The van der Waals surface area contributed by atoms with Gasteiger partial charge >= 0.3 is 0 Å². The van der Waals surface area contributed by atoms with Crippen molar-refractivity contribution in [3.05, 3.63) is 115 Å². The van der Waals surface area contributed by atoms with Crippen LogP contribution in [-0.4, -0.2) is 17.1 Å². The summed E-state index contributed by atoms with van der Waals surface area (Å²) in [7, 11) is 0. The van der Waals surface area contributed by atoms with Gasteiger partial charge < -0.3 is 5.32 Å². The van der Waals surface area contributed by atoms with Gasteiger partial charge in [0.15, 0.2) is 0 Å². The summed E-state index contributed by atoms with van der Waals surface area (Å²) in [5.41, 5.74) is 5.66. The van der Waals surface area contributed by atoms with Crippen LogP contribution in [0.4, 0.5) is 0 Å². The second kappa shape index (κ2) is 10.4. The molecule has 0 bridgehead atoms. The first-order valence-corrected chi connectivity index (χ1v) is 10.8. The molecule has 0 atom stereocenters. The second-order valence-corrected chi connectivity index (χ2v) is 7.47. The number of amides is 1. The van der Waals surface area contributed by atoms with Gasteiger partial charge in [0, 0.05) is 16.7 Å². The summed E-state index contributed by atoms with van der Waals surface area (Å²) >= 11 is 1.61. The number of thioether (sulfide) groups is 1. The zero-order chi connectivity index (χ0) is 21.3. The Morgan fingerprint density at radius 2 is 1.80 bits per heavy atom. The van der Waals surface area contributed by atoms with Crippen molar-refractivity contribution in [2.24, 2.45) is 0 Å². The fourth-order valence-corrected chi connectivity index (χ4v) is 3.54. The molecule has 3 nitrogen and oxygen atoms in total. The van der Waals surface area contributed by atoms with Gasteiger partial charge in [-0.2, -0.15) is 0 Å². The predicted octanol–water partition coefficient (Wildman–Crippen LogP) is 6.16. The molecule has 1 aromatic heterocycles. The van der Waals surface area contributed by atoms with Crippen LogP contribution in [0, 0.1) is 0 Å². The number of hydrogen-bond acceptors (Lipinski definition) is 3. The Labute approximate surface area is 182 Å². The van der Waals surface area contributed by atoms with Gasteiger partial charge in [-0.1, -0.05) is 55.7 Å². The average Bonchev–Trinajstić information content (AvgIpc) is 2.81. The van der Waals surface area contributed by atoms with E-state index in [-0.39, 0.29) is 5.91 Å². The highest BCUT2D eigenvalue weighted by Crippen LogP contribution is 2.25. The van der Waals surface area contributed by atoms with Crippen LogP contribution >= 0.6 is 11.8 Å². The summed E-state index contributed by atoms with van der Waals surface area (Å²) in [5, 5.41) is 2.96. The van der Waals surface area contributed by atoms with Gasteiger partial charge in [-0.25, -0.2) is 0 Å². The number of nitrogens with one attached hydrogen (secondary N) is 1. The number of nitrogens with zero attached hydrogens (tertiary/aromatic N) is 1. The largest absolute Gasteiger partial charge is 0.346 e. The molecule has 3 aromatic rings. The molecular formula is C26H24N2OS. The lowest BCUT2D eigenvalue weighted by molar-refractivity contribution is 0.0950. The van der Waals surface area contributed by atoms with Gasteiger partial charge in [-0.15, -0.1) is 11.8 Å². The highest BCUT2D eigenvalue weighted by atomic mass is 32.2. The maximum atomic E-state index is 12.5. The molecule has 0 fully saturated rings. The molecule has 0 spiro atoms. The summed E-state index contributed by atoms with van der Waals surface area (Å²) in [6.45, 7) is 8.01. The molecule has 0 aliphatic rings. The van der Waals surface area contributed by atoms with Crippen LogP contribution in [-0.2, 0) is 6.54 Å². The van der Waals surface area contributed by atoms with Crippen LogP contribution in [0.1, 0.15) is 21.6 Å². The number of aromatic nitrogens is 1. The number of benzene rings is 2. The molecular weight excluding hydrogens is 388 g/mol. The zero-order valence-electron chi connectivity index (χ0n) is 17.0. The van der Waals surface area contributed by atoms with E-state index in [2.05, 4.69) is 35.6 Å². The van der Waals surface area contributed by atoms with Crippen LogP contribution in [0.5, 0.6) is 0 Å². The third-order valence-electron chi connectivity index (χ3n) is 4.63. The van der Waals surface area contributed by atoms with Crippen LogP contribution in [0.3, 0.4) is 0 Å². The molecule has 0 aliphatic heterocycles. The third kappa shape index (κ3) is 5.37. The van der Waals surface area contributed by atoms with E-state index in [4.69, 9.17) is 0 Å². The first-order chi connectivity index (χ1) is 14.6. The van der Waals surface area contributed by atoms with Crippen molar-refractivity contribution in [3.63, 3.8) is 0 Å². The lowest BCUT2D eigenvalue weighted by Gasteiger charge is -2.09. The maximum absolute atomic E-state index is 12.5. The molecule has 0 aliphatic carbocycles. The average molecular weight is 413 g/mol. The lowest BCUT2D eigenvalue weighted by Crippen LogP contribution is -2.23. The second-order valence-electron chi connectivity index (χ2n) is 6.59. The van der Waals surface area contributed by atoms with Crippen molar-refractivity contribution in [1.29, 1.82) is 0 Å². The van der Waals surface area contributed by atoms with Crippen LogP contribution in [0.2, 0.25) is 0 Å². The molecule has 2 aromatic carbocycles. The van der Waals surface area contributed by atoms with Crippen molar-refractivity contribution in [2.45, 2.75) is 11.4 Å². The molecule has 1 N–H and O–H groups in total. The summed E-state index contributed by atoms with van der Waals surface area (Å²) in [6, 6.07) is 19.8. The van der Waals surface area contributed by atoms with Crippen LogP contribution < -0.4 is 5.32 Å². The van der Waals surface area contributed by atoms with E-state index in [9.17, 15) is 4.79 Å². The van der Waals surface area contributed by atoms with E-state index in [1.165, 1.54) is 0 Å². The van der Waals surface area contributed by atoms with Gasteiger partial charge in [0.25, 0.3) is 5.91 Å². The molecule has 150 valence electrons. The summed E-state index contributed by atoms with van der Waals surface area (Å²) in [6.07, 6.45) is 9.27. The highest BCUT2D eigenvalue weighted by molar-refractivity contribution is 7.98. The first kappa shape index (κ1) is 21.3. The summed E-state index contributed by atoms with van der Waals surface area (Å²) in [5.74, 6) is -0.106. The van der Waals surface area contributed by atoms with Crippen molar-refractivity contribution < 1.29 is 4.79 Å². The van der Waals surface area contributed by atoms with Gasteiger partial charge in [-0.3, -0.25) is 9.78 Å². The van der Waals surface area contributed by atoms with E-state index < -0.39 is 0 Å². The minimum absolute atomic E-state index is 0.106. The molecule has 0 unspecified atom stereocenters. The molecule has 1 amide bonds. The molecule has 0 radical (unpaired) electrons. The lowest BCUT2D eigenvalue weighted by atomic mass is 9.99. The van der Waals surface area contributed by atoms with E-state index in [1.54, 1.807) is 24.0 Å². The quantitative estimate of drug-likeness (QED) is 0.356. The molecule has 1 heterocycles. The smallest absolute Gasteiger partial charge is 0.251 e. The van der Waals surface area contributed by atoms with Gasteiger partial charge in [-0.05, 0) is 64.9 Å². The number of hydrogen-bond donors (Lipinski definition) is 1. The van der Waals surface area contributed by atoms with E-state index >= 15 is 0 Å².